The molecule has 0 saturated carbocycles. The van der Waals surface area contributed by atoms with E-state index >= 15 is 0 Å². The van der Waals surface area contributed by atoms with E-state index in [0.29, 0.717) is 0 Å². The Bertz CT molecular complexity index is 630. The quantitative estimate of drug-likeness (QED) is 0.543. The van der Waals surface area contributed by atoms with Crippen molar-refractivity contribution in [3.63, 3.8) is 0 Å². The number of hydrogen-bond donors (Lipinski definition) is 0. The topological polar surface area (TPSA) is 43.4 Å². The summed E-state index contributed by atoms with van der Waals surface area (Å²) >= 11 is 0. The molecule has 0 unspecified atom stereocenters. The number of hydrogen-bond acceptors (Lipinski definition) is 3. The Kier molecular flexibility index (Phi) is 5.31. The maximum absolute atomic E-state index is 13.2. The first-order chi connectivity index (χ1) is 10.3. The Balaban J connectivity index is 2.99. The van der Waals surface area contributed by atoms with Crippen LogP contribution in [0.5, 0.6) is 0 Å². The minimum absolute atomic E-state index is 0.709. The molecule has 0 radical (unpaired) electrons. The minimum atomic E-state index is -6.53. The molecule has 23 heavy (non-hydrogen) atoms. The van der Waals surface area contributed by atoms with Gasteiger partial charge in [0.15, 0.2) is 0 Å². The lowest BCUT2D eigenvalue weighted by atomic mass is 10.1. The molecule has 1 aromatic carbocycles. The van der Waals surface area contributed by atoms with Crippen LogP contribution in [0.15, 0.2) is 35.2 Å². The summed E-state index contributed by atoms with van der Waals surface area (Å²) in [5, 5.41) is 0. The summed E-state index contributed by atoms with van der Waals surface area (Å²) in [6, 6.07) is 5.35. The summed E-state index contributed by atoms with van der Waals surface area (Å²) in [5.74, 6) is -18.8. The van der Waals surface area contributed by atoms with Crippen LogP contribution in [0.1, 0.15) is 0 Å². The van der Waals surface area contributed by atoms with Gasteiger partial charge < -0.3 is 0 Å². The third kappa shape index (κ3) is 3.74. The van der Waals surface area contributed by atoms with Crippen LogP contribution in [-0.2, 0) is 14.3 Å². The van der Waals surface area contributed by atoms with Crippen LogP contribution >= 0.6 is 0 Å². The van der Waals surface area contributed by atoms with Crippen LogP contribution in [-0.4, -0.2) is 39.2 Å². The van der Waals surface area contributed by atoms with Crippen molar-refractivity contribution in [2.24, 2.45) is 0 Å². The molecule has 1 rings (SSSR count). The molecular weight excluding hydrogens is 364 g/mol. The van der Waals surface area contributed by atoms with Gasteiger partial charge in [-0.3, -0.25) is 4.18 Å². The largest absolute Gasteiger partial charge is 0.380 e. The lowest BCUT2D eigenvalue weighted by Gasteiger charge is -2.31. The summed E-state index contributed by atoms with van der Waals surface area (Å²) in [6.07, 6.45) is -5.09. The van der Waals surface area contributed by atoms with Crippen molar-refractivity contribution in [3.8, 4) is 0 Å². The molecule has 0 bridgehead atoms. The van der Waals surface area contributed by atoms with Crippen LogP contribution in [0.3, 0.4) is 0 Å². The monoisotopic (exact) mass is 372 g/mol. The van der Waals surface area contributed by atoms with Gasteiger partial charge in [0.05, 0.1) is 4.90 Å². The van der Waals surface area contributed by atoms with E-state index in [0.717, 1.165) is 24.3 Å². The van der Waals surface area contributed by atoms with Gasteiger partial charge in [0.25, 0.3) is 10.1 Å². The van der Waals surface area contributed by atoms with Gasteiger partial charge in [-0.25, -0.2) is 8.78 Å². The summed E-state index contributed by atoms with van der Waals surface area (Å²) in [5.41, 5.74) is 0. The molecule has 0 aromatic heterocycles. The van der Waals surface area contributed by atoms with Gasteiger partial charge in [0.1, 0.15) is 6.61 Å². The van der Waals surface area contributed by atoms with Crippen molar-refractivity contribution in [3.05, 3.63) is 30.3 Å². The average molecular weight is 372 g/mol. The standard InChI is InChI=1S/C11H8F8O3S/c12-8(13)10(16,17)11(18,19)9(14,15)6-22-23(20,21)7-4-2-1-3-5-7/h1-5,8H,6H2. The van der Waals surface area contributed by atoms with Gasteiger partial charge in [-0.2, -0.15) is 34.8 Å². The molecule has 0 aliphatic heterocycles. The summed E-state index contributed by atoms with van der Waals surface area (Å²) in [7, 11) is -4.97. The van der Waals surface area contributed by atoms with E-state index < -0.39 is 45.8 Å². The van der Waals surface area contributed by atoms with E-state index in [1.165, 1.54) is 6.07 Å². The maximum atomic E-state index is 13.2. The van der Waals surface area contributed by atoms with Crippen LogP contribution < -0.4 is 0 Å². The second kappa shape index (κ2) is 6.23. The Morgan fingerprint density at radius 2 is 1.43 bits per heavy atom. The average Bonchev–Trinajstić information content (AvgIpc) is 2.45. The highest BCUT2D eigenvalue weighted by Gasteiger charge is 2.75. The number of halogens is 8. The third-order valence-electron chi connectivity index (χ3n) is 2.58. The third-order valence-corrected chi connectivity index (χ3v) is 3.86. The van der Waals surface area contributed by atoms with E-state index in [1.807, 2.05) is 0 Å². The van der Waals surface area contributed by atoms with Crippen molar-refractivity contribution < 1.29 is 47.7 Å². The molecule has 0 saturated heterocycles. The summed E-state index contributed by atoms with van der Waals surface area (Å²) in [4.78, 5) is -0.709. The predicted octanol–water partition coefficient (Wildman–Crippen LogP) is 3.56. The Morgan fingerprint density at radius 3 is 1.87 bits per heavy atom. The molecule has 0 amide bonds. The zero-order valence-corrected chi connectivity index (χ0v) is 11.6. The summed E-state index contributed by atoms with van der Waals surface area (Å²) in [6.45, 7) is -2.74. The Hall–Kier alpha value is -1.43. The van der Waals surface area contributed by atoms with Gasteiger partial charge in [0.2, 0.25) is 0 Å². The first kappa shape index (κ1) is 19.6. The summed E-state index contributed by atoms with van der Waals surface area (Å²) < 4.78 is 128. The van der Waals surface area contributed by atoms with Crippen LogP contribution in [0, 0.1) is 0 Å². The van der Waals surface area contributed by atoms with Crippen molar-refractivity contribution in [2.45, 2.75) is 29.1 Å². The van der Waals surface area contributed by atoms with Crippen molar-refractivity contribution >= 4 is 10.1 Å². The zero-order valence-electron chi connectivity index (χ0n) is 10.8. The molecular formula is C11H8F8O3S. The van der Waals surface area contributed by atoms with E-state index in [4.69, 9.17) is 0 Å². The molecule has 0 N–H and O–H groups in total. The normalized spacial score (nSPS) is 14.3. The molecule has 0 aliphatic rings. The Labute approximate surface area is 125 Å². The first-order valence-corrected chi connectivity index (χ1v) is 7.02. The molecule has 12 heteroatoms. The zero-order chi connectivity index (χ0) is 18.1. The molecule has 0 spiro atoms. The van der Waals surface area contributed by atoms with Crippen molar-refractivity contribution in [1.82, 2.24) is 0 Å². The van der Waals surface area contributed by atoms with E-state index in [-0.39, 0.29) is 0 Å². The van der Waals surface area contributed by atoms with Gasteiger partial charge in [0, 0.05) is 0 Å². The molecule has 0 aliphatic carbocycles. The second-order valence-electron chi connectivity index (χ2n) is 4.23. The van der Waals surface area contributed by atoms with E-state index in [9.17, 15) is 43.5 Å². The fourth-order valence-electron chi connectivity index (χ4n) is 1.28. The highest BCUT2D eigenvalue weighted by atomic mass is 32.2. The molecule has 0 atom stereocenters. The fourth-order valence-corrected chi connectivity index (χ4v) is 2.21. The number of alkyl halides is 8. The Morgan fingerprint density at radius 1 is 0.957 bits per heavy atom. The lowest BCUT2D eigenvalue weighted by molar-refractivity contribution is -0.342. The number of rotatable bonds is 7. The smallest absolute Gasteiger partial charge is 0.260 e. The molecule has 3 nitrogen and oxygen atoms in total. The second-order valence-corrected chi connectivity index (χ2v) is 5.85. The van der Waals surface area contributed by atoms with Crippen LogP contribution in [0.4, 0.5) is 35.1 Å². The van der Waals surface area contributed by atoms with Crippen LogP contribution in [0.2, 0.25) is 0 Å². The first-order valence-electron chi connectivity index (χ1n) is 5.62. The molecule has 132 valence electrons. The van der Waals surface area contributed by atoms with Crippen LogP contribution in [0.25, 0.3) is 0 Å². The molecule has 0 heterocycles. The number of benzene rings is 1. The minimum Gasteiger partial charge on any atom is -0.260 e. The highest BCUT2D eigenvalue weighted by Crippen LogP contribution is 2.48. The molecule has 1 aromatic rings. The fraction of sp³-hybridized carbons (Fsp3) is 0.455. The van der Waals surface area contributed by atoms with E-state index in [2.05, 4.69) is 4.18 Å². The predicted molar refractivity (Wildman–Crippen MR) is 60.4 cm³/mol. The van der Waals surface area contributed by atoms with Gasteiger partial charge in [-0.05, 0) is 12.1 Å². The van der Waals surface area contributed by atoms with E-state index in [1.54, 1.807) is 0 Å². The van der Waals surface area contributed by atoms with Gasteiger partial charge in [-0.1, -0.05) is 18.2 Å². The van der Waals surface area contributed by atoms with Gasteiger partial charge >= 0.3 is 24.2 Å². The lowest BCUT2D eigenvalue weighted by Crippen LogP contribution is -2.59. The highest BCUT2D eigenvalue weighted by molar-refractivity contribution is 7.86. The molecule has 0 fully saturated rings. The van der Waals surface area contributed by atoms with Gasteiger partial charge in [-0.15, -0.1) is 0 Å². The SMILES string of the molecule is O=S(=O)(OCC(F)(F)C(F)(F)C(F)(F)C(F)F)c1ccccc1. The van der Waals surface area contributed by atoms with Crippen molar-refractivity contribution in [2.75, 3.05) is 6.61 Å². The maximum Gasteiger partial charge on any atom is 0.380 e. The van der Waals surface area contributed by atoms with Crippen molar-refractivity contribution in [1.29, 1.82) is 0 Å².